The van der Waals surface area contributed by atoms with Gasteiger partial charge in [0.2, 0.25) is 10.0 Å². The molecular formula is C13H17ClN2O6S. The van der Waals surface area contributed by atoms with Crippen molar-refractivity contribution in [2.45, 2.75) is 24.8 Å². The second-order valence-corrected chi connectivity index (χ2v) is 7.15. The van der Waals surface area contributed by atoms with Crippen molar-refractivity contribution in [1.82, 2.24) is 4.72 Å². The molecule has 1 amide bonds. The number of nitrogens with two attached hydrogens (primary N) is 1. The van der Waals surface area contributed by atoms with Gasteiger partial charge in [-0.3, -0.25) is 9.59 Å². The molecule has 10 heteroatoms. The van der Waals surface area contributed by atoms with Crippen molar-refractivity contribution in [1.29, 1.82) is 0 Å². The summed E-state index contributed by atoms with van der Waals surface area (Å²) in [5.74, 6) is -2.75. The highest BCUT2D eigenvalue weighted by Gasteiger charge is 2.30. The van der Waals surface area contributed by atoms with Gasteiger partial charge in [0.15, 0.2) is 6.61 Å². The largest absolute Gasteiger partial charge is 0.482 e. The highest BCUT2D eigenvalue weighted by atomic mass is 35.5. The number of primary amides is 1. The van der Waals surface area contributed by atoms with Crippen LogP contribution >= 0.6 is 11.6 Å². The molecular weight excluding hydrogens is 348 g/mol. The summed E-state index contributed by atoms with van der Waals surface area (Å²) >= 11 is 5.79. The Morgan fingerprint density at radius 2 is 2.00 bits per heavy atom. The van der Waals surface area contributed by atoms with Crippen molar-refractivity contribution < 1.29 is 27.9 Å². The lowest BCUT2D eigenvalue weighted by Gasteiger charge is -2.19. The molecule has 0 spiro atoms. The Morgan fingerprint density at radius 3 is 2.48 bits per heavy atom. The number of benzene rings is 1. The van der Waals surface area contributed by atoms with Gasteiger partial charge in [0, 0.05) is 5.02 Å². The van der Waals surface area contributed by atoms with E-state index in [0.29, 0.717) is 0 Å². The third-order valence-corrected chi connectivity index (χ3v) is 4.48. The number of amides is 1. The van der Waals surface area contributed by atoms with Crippen LogP contribution in [0.25, 0.3) is 0 Å². The van der Waals surface area contributed by atoms with Gasteiger partial charge in [-0.15, -0.1) is 0 Å². The van der Waals surface area contributed by atoms with Crippen molar-refractivity contribution in [2.24, 2.45) is 11.7 Å². The summed E-state index contributed by atoms with van der Waals surface area (Å²) < 4.78 is 32.0. The Labute approximate surface area is 138 Å². The minimum atomic E-state index is -4.24. The molecule has 0 bridgehead atoms. The molecule has 1 aromatic rings. The molecule has 0 aliphatic rings. The van der Waals surface area contributed by atoms with Gasteiger partial charge in [-0.25, -0.2) is 8.42 Å². The minimum absolute atomic E-state index is 0.105. The number of nitrogens with one attached hydrogen (secondary N) is 1. The van der Waals surface area contributed by atoms with Gasteiger partial charge in [-0.05, 0) is 24.1 Å². The van der Waals surface area contributed by atoms with E-state index >= 15 is 0 Å². The number of rotatable bonds is 8. The van der Waals surface area contributed by atoms with E-state index in [1.54, 1.807) is 13.8 Å². The van der Waals surface area contributed by atoms with Crippen molar-refractivity contribution in [3.8, 4) is 5.75 Å². The number of ether oxygens (including phenoxy) is 1. The van der Waals surface area contributed by atoms with Crippen LogP contribution in [0.15, 0.2) is 23.1 Å². The highest BCUT2D eigenvalue weighted by Crippen LogP contribution is 2.27. The Hall–Kier alpha value is -1.84. The van der Waals surface area contributed by atoms with Crippen LogP contribution in [0.3, 0.4) is 0 Å². The summed E-state index contributed by atoms with van der Waals surface area (Å²) in [5.41, 5.74) is 4.96. The van der Waals surface area contributed by atoms with E-state index in [1.807, 2.05) is 0 Å². The monoisotopic (exact) mass is 364 g/mol. The predicted octanol–water partition coefficient (Wildman–Crippen LogP) is 0.592. The van der Waals surface area contributed by atoms with Crippen LogP contribution < -0.4 is 15.2 Å². The normalized spacial score (nSPS) is 12.9. The number of halogens is 1. The summed E-state index contributed by atoms with van der Waals surface area (Å²) in [6.07, 6.45) is 0. The fourth-order valence-corrected chi connectivity index (χ4v) is 3.41. The molecule has 0 saturated carbocycles. The second-order valence-electron chi connectivity index (χ2n) is 5.03. The molecule has 0 aliphatic heterocycles. The molecule has 1 rings (SSSR count). The van der Waals surface area contributed by atoms with E-state index < -0.39 is 40.5 Å². The second kappa shape index (κ2) is 7.62. The maximum atomic E-state index is 12.4. The molecule has 128 valence electrons. The molecule has 0 heterocycles. The first-order valence-electron chi connectivity index (χ1n) is 6.50. The summed E-state index contributed by atoms with van der Waals surface area (Å²) in [4.78, 5) is 21.6. The number of carbonyl (C=O) groups excluding carboxylic acids is 1. The average Bonchev–Trinajstić information content (AvgIpc) is 2.42. The smallest absolute Gasteiger partial charge is 0.322 e. The van der Waals surface area contributed by atoms with Crippen molar-refractivity contribution >= 4 is 33.5 Å². The molecule has 1 unspecified atom stereocenters. The number of carbonyl (C=O) groups is 2. The number of aliphatic carboxylic acids is 1. The lowest BCUT2D eigenvalue weighted by molar-refractivity contribution is -0.140. The zero-order valence-corrected chi connectivity index (χ0v) is 14.0. The van der Waals surface area contributed by atoms with Crippen LogP contribution in [0.4, 0.5) is 0 Å². The van der Waals surface area contributed by atoms with Gasteiger partial charge in [-0.1, -0.05) is 25.4 Å². The minimum Gasteiger partial charge on any atom is -0.482 e. The molecule has 0 fully saturated rings. The van der Waals surface area contributed by atoms with Crippen molar-refractivity contribution in [3.05, 3.63) is 23.2 Å². The number of carboxylic acids is 1. The van der Waals surface area contributed by atoms with Gasteiger partial charge in [0.25, 0.3) is 5.91 Å². The molecule has 1 aromatic carbocycles. The van der Waals surface area contributed by atoms with Gasteiger partial charge in [0.1, 0.15) is 16.7 Å². The predicted molar refractivity (Wildman–Crippen MR) is 82.7 cm³/mol. The maximum Gasteiger partial charge on any atom is 0.322 e. The fourth-order valence-electron chi connectivity index (χ4n) is 1.66. The molecule has 0 aliphatic carbocycles. The lowest BCUT2D eigenvalue weighted by Crippen LogP contribution is -2.44. The summed E-state index contributed by atoms with van der Waals surface area (Å²) in [6, 6.07) is 2.39. The van der Waals surface area contributed by atoms with Crippen LogP contribution in [0.5, 0.6) is 5.75 Å². The third-order valence-electron chi connectivity index (χ3n) is 2.78. The molecule has 23 heavy (non-hydrogen) atoms. The number of carboxylic acid groups (broad SMARTS) is 1. The Morgan fingerprint density at radius 1 is 1.39 bits per heavy atom. The van der Waals surface area contributed by atoms with Gasteiger partial charge >= 0.3 is 5.97 Å². The van der Waals surface area contributed by atoms with E-state index in [2.05, 4.69) is 4.72 Å². The van der Waals surface area contributed by atoms with Crippen LogP contribution in [-0.2, 0) is 19.6 Å². The van der Waals surface area contributed by atoms with Gasteiger partial charge < -0.3 is 15.6 Å². The summed E-state index contributed by atoms with van der Waals surface area (Å²) in [6.45, 7) is 2.59. The summed E-state index contributed by atoms with van der Waals surface area (Å²) in [5, 5.41) is 9.21. The zero-order chi connectivity index (χ0) is 17.8. The fraction of sp³-hybridized carbons (Fsp3) is 0.385. The van der Waals surface area contributed by atoms with Crippen molar-refractivity contribution in [3.63, 3.8) is 0 Å². The average molecular weight is 365 g/mol. The first kappa shape index (κ1) is 19.2. The van der Waals surface area contributed by atoms with E-state index in [4.69, 9.17) is 27.2 Å². The molecule has 1 atom stereocenters. The Bertz CT molecular complexity index is 704. The Kier molecular flexibility index (Phi) is 6.37. The molecule has 0 radical (unpaired) electrons. The van der Waals surface area contributed by atoms with E-state index in [1.165, 1.54) is 12.1 Å². The SMILES string of the molecule is CC(C)C(NS(=O)(=O)c1cc(Cl)ccc1OCC(N)=O)C(=O)O. The van der Waals surface area contributed by atoms with Gasteiger partial charge in [-0.2, -0.15) is 4.72 Å². The standard InChI is InChI=1S/C13H17ClN2O6S/c1-7(2)12(13(18)19)16-23(20,21)10-5-8(14)3-4-9(10)22-6-11(15)17/h3-5,7,12,16H,6H2,1-2H3,(H2,15,17)(H,18,19). The lowest BCUT2D eigenvalue weighted by atomic mass is 10.1. The maximum absolute atomic E-state index is 12.4. The van der Waals surface area contributed by atoms with Crippen molar-refractivity contribution in [2.75, 3.05) is 6.61 Å². The first-order chi connectivity index (χ1) is 10.5. The first-order valence-corrected chi connectivity index (χ1v) is 8.36. The van der Waals surface area contributed by atoms with Crippen LogP contribution in [0, 0.1) is 5.92 Å². The van der Waals surface area contributed by atoms with E-state index in [9.17, 15) is 18.0 Å². The number of sulfonamides is 1. The zero-order valence-electron chi connectivity index (χ0n) is 12.4. The van der Waals surface area contributed by atoms with E-state index in [-0.39, 0.29) is 15.7 Å². The van der Waals surface area contributed by atoms with Crippen LogP contribution in [-0.4, -0.2) is 38.0 Å². The number of hydrogen-bond donors (Lipinski definition) is 3. The summed E-state index contributed by atoms with van der Waals surface area (Å²) in [7, 11) is -4.24. The van der Waals surface area contributed by atoms with Gasteiger partial charge in [0.05, 0.1) is 0 Å². The molecule has 0 aromatic heterocycles. The quantitative estimate of drug-likeness (QED) is 0.617. The molecule has 4 N–H and O–H groups in total. The highest BCUT2D eigenvalue weighted by molar-refractivity contribution is 7.89. The van der Waals surface area contributed by atoms with Crippen LogP contribution in [0.2, 0.25) is 5.02 Å². The Balaban J connectivity index is 3.23. The van der Waals surface area contributed by atoms with Crippen LogP contribution in [0.1, 0.15) is 13.8 Å². The van der Waals surface area contributed by atoms with E-state index in [0.717, 1.165) is 6.07 Å². The number of hydrogen-bond acceptors (Lipinski definition) is 5. The topological polar surface area (TPSA) is 136 Å². The molecule has 8 nitrogen and oxygen atoms in total. The molecule has 0 saturated heterocycles. The third kappa shape index (κ3) is 5.38.